The van der Waals surface area contributed by atoms with Gasteiger partial charge >= 0.3 is 0 Å². The van der Waals surface area contributed by atoms with Gasteiger partial charge in [-0.25, -0.2) is 15.0 Å². The molecule has 0 aliphatic heterocycles. The zero-order chi connectivity index (χ0) is 16.9. The van der Waals surface area contributed by atoms with Gasteiger partial charge in [0, 0.05) is 11.6 Å². The van der Waals surface area contributed by atoms with Crippen LogP contribution in [0.1, 0.15) is 18.9 Å². The smallest absolute Gasteiger partial charge is 0.167 e. The van der Waals surface area contributed by atoms with E-state index < -0.39 is 0 Å². The van der Waals surface area contributed by atoms with Crippen LogP contribution < -0.4 is 4.74 Å². The molecule has 0 atom stereocenters. The molecule has 0 aliphatic carbocycles. The van der Waals surface area contributed by atoms with Crippen molar-refractivity contribution in [2.24, 2.45) is 0 Å². The summed E-state index contributed by atoms with van der Waals surface area (Å²) in [5, 5.41) is 10.3. The molecular formula is C19H19N3O2. The van der Waals surface area contributed by atoms with Gasteiger partial charge in [0.25, 0.3) is 0 Å². The first-order chi connectivity index (χ1) is 11.7. The summed E-state index contributed by atoms with van der Waals surface area (Å²) >= 11 is 0. The maximum Gasteiger partial charge on any atom is 0.167 e. The average Bonchev–Trinajstić information content (AvgIpc) is 2.61. The summed E-state index contributed by atoms with van der Waals surface area (Å²) in [6, 6.07) is 13.1. The van der Waals surface area contributed by atoms with E-state index in [1.807, 2.05) is 38.1 Å². The molecule has 0 radical (unpaired) electrons. The van der Waals surface area contributed by atoms with Crippen LogP contribution in [-0.2, 0) is 0 Å². The molecule has 2 aromatic carbocycles. The van der Waals surface area contributed by atoms with Crippen molar-refractivity contribution in [3.05, 3.63) is 54.4 Å². The van der Waals surface area contributed by atoms with E-state index in [0.29, 0.717) is 29.6 Å². The van der Waals surface area contributed by atoms with Crippen molar-refractivity contribution < 1.29 is 9.84 Å². The van der Waals surface area contributed by atoms with Gasteiger partial charge in [0.15, 0.2) is 11.6 Å². The Morgan fingerprint density at radius 1 is 1.00 bits per heavy atom. The fourth-order valence-electron chi connectivity index (χ4n) is 2.28. The van der Waals surface area contributed by atoms with E-state index in [-0.39, 0.29) is 5.75 Å². The maximum atomic E-state index is 10.3. The van der Waals surface area contributed by atoms with Crippen molar-refractivity contribution in [2.45, 2.75) is 20.3 Å². The predicted octanol–water partition coefficient (Wildman–Crippen LogP) is 4.01. The lowest BCUT2D eigenvalue weighted by molar-refractivity contribution is 0.315. The molecular weight excluding hydrogens is 302 g/mol. The Hall–Kier alpha value is -2.95. The number of aromatic hydroxyl groups is 1. The quantitative estimate of drug-likeness (QED) is 0.769. The minimum atomic E-state index is 0.0876. The lowest BCUT2D eigenvalue weighted by Gasteiger charge is -2.08. The maximum absolute atomic E-state index is 10.3. The third-order valence-corrected chi connectivity index (χ3v) is 3.56. The van der Waals surface area contributed by atoms with E-state index in [4.69, 9.17) is 4.74 Å². The van der Waals surface area contributed by atoms with Crippen LogP contribution in [0.5, 0.6) is 11.5 Å². The van der Waals surface area contributed by atoms with E-state index in [0.717, 1.165) is 12.0 Å². The molecule has 5 heteroatoms. The first-order valence-corrected chi connectivity index (χ1v) is 7.89. The number of benzene rings is 2. The van der Waals surface area contributed by atoms with E-state index in [1.54, 1.807) is 18.2 Å². The number of aryl methyl sites for hydroxylation is 1. The summed E-state index contributed by atoms with van der Waals surface area (Å²) in [5.41, 5.74) is 2.63. The molecule has 5 nitrogen and oxygen atoms in total. The number of phenols is 1. The summed E-state index contributed by atoms with van der Waals surface area (Å²) in [6.07, 6.45) is 2.37. The van der Waals surface area contributed by atoms with E-state index in [2.05, 4.69) is 15.0 Å². The molecule has 0 aliphatic rings. The van der Waals surface area contributed by atoms with Crippen LogP contribution in [0.4, 0.5) is 0 Å². The van der Waals surface area contributed by atoms with Gasteiger partial charge in [0.1, 0.15) is 17.8 Å². The molecule has 1 N–H and O–H groups in total. The van der Waals surface area contributed by atoms with E-state index in [1.165, 1.54) is 11.9 Å². The Balaban J connectivity index is 1.92. The molecule has 1 heterocycles. The SMILES string of the molecule is CCCOc1ccc(-c2ncnc(-c3ccc(C)cc3)n2)c(O)c1. The van der Waals surface area contributed by atoms with Crippen LogP contribution in [0.15, 0.2) is 48.8 Å². The Morgan fingerprint density at radius 3 is 2.46 bits per heavy atom. The molecule has 3 aromatic rings. The van der Waals surface area contributed by atoms with Crippen LogP contribution in [0.3, 0.4) is 0 Å². The zero-order valence-corrected chi connectivity index (χ0v) is 13.7. The van der Waals surface area contributed by atoms with Gasteiger partial charge < -0.3 is 9.84 Å². The van der Waals surface area contributed by atoms with Crippen LogP contribution in [0.25, 0.3) is 22.8 Å². The molecule has 0 spiro atoms. The molecule has 1 aromatic heterocycles. The second-order valence-corrected chi connectivity index (χ2v) is 5.53. The van der Waals surface area contributed by atoms with Gasteiger partial charge in [-0.05, 0) is 25.5 Å². The minimum Gasteiger partial charge on any atom is -0.507 e. The molecule has 122 valence electrons. The van der Waals surface area contributed by atoms with Gasteiger partial charge in [-0.2, -0.15) is 0 Å². The lowest BCUT2D eigenvalue weighted by atomic mass is 10.1. The third kappa shape index (κ3) is 3.51. The molecule has 3 rings (SSSR count). The highest BCUT2D eigenvalue weighted by molar-refractivity contribution is 5.67. The summed E-state index contributed by atoms with van der Waals surface area (Å²) in [4.78, 5) is 12.9. The Morgan fingerprint density at radius 2 is 1.75 bits per heavy atom. The molecule has 0 bridgehead atoms. The van der Waals surface area contributed by atoms with Crippen molar-refractivity contribution >= 4 is 0 Å². The Labute approximate surface area is 141 Å². The number of ether oxygens (including phenoxy) is 1. The molecule has 24 heavy (non-hydrogen) atoms. The Kier molecular flexibility index (Phi) is 4.70. The average molecular weight is 321 g/mol. The predicted molar refractivity (Wildman–Crippen MR) is 92.9 cm³/mol. The van der Waals surface area contributed by atoms with Gasteiger partial charge in [-0.1, -0.05) is 36.8 Å². The highest BCUT2D eigenvalue weighted by atomic mass is 16.5. The number of phenolic OH excluding ortho intramolecular Hbond substituents is 1. The summed E-state index contributed by atoms with van der Waals surface area (Å²) in [5.74, 6) is 1.72. The first-order valence-electron chi connectivity index (χ1n) is 7.89. The topological polar surface area (TPSA) is 68.1 Å². The largest absolute Gasteiger partial charge is 0.507 e. The normalized spacial score (nSPS) is 10.6. The second-order valence-electron chi connectivity index (χ2n) is 5.53. The number of aromatic nitrogens is 3. The Bertz CT molecular complexity index is 832. The summed E-state index contributed by atoms with van der Waals surface area (Å²) < 4.78 is 5.52. The van der Waals surface area contributed by atoms with Crippen molar-refractivity contribution in [3.63, 3.8) is 0 Å². The number of hydrogen-bond acceptors (Lipinski definition) is 5. The molecule has 0 saturated carbocycles. The number of rotatable bonds is 5. The molecule has 0 unspecified atom stereocenters. The van der Waals surface area contributed by atoms with Crippen molar-refractivity contribution in [2.75, 3.05) is 6.61 Å². The monoisotopic (exact) mass is 321 g/mol. The molecule has 0 saturated heterocycles. The highest BCUT2D eigenvalue weighted by Crippen LogP contribution is 2.31. The molecule has 0 amide bonds. The van der Waals surface area contributed by atoms with Crippen LogP contribution >= 0.6 is 0 Å². The standard InChI is InChI=1S/C19H19N3O2/c1-3-10-24-15-8-9-16(17(23)11-15)19-21-12-20-18(22-19)14-6-4-13(2)5-7-14/h4-9,11-12,23H,3,10H2,1-2H3. The highest BCUT2D eigenvalue weighted by Gasteiger charge is 2.11. The van der Waals surface area contributed by atoms with E-state index in [9.17, 15) is 5.11 Å². The van der Waals surface area contributed by atoms with Gasteiger partial charge in [0.05, 0.1) is 12.2 Å². The minimum absolute atomic E-state index is 0.0876. The molecule has 0 fully saturated rings. The zero-order valence-electron chi connectivity index (χ0n) is 13.7. The summed E-state index contributed by atoms with van der Waals surface area (Å²) in [7, 11) is 0. The van der Waals surface area contributed by atoms with Gasteiger partial charge in [0.2, 0.25) is 0 Å². The van der Waals surface area contributed by atoms with Crippen LogP contribution in [0, 0.1) is 6.92 Å². The van der Waals surface area contributed by atoms with Crippen LogP contribution in [0.2, 0.25) is 0 Å². The van der Waals surface area contributed by atoms with Gasteiger partial charge in [-0.3, -0.25) is 0 Å². The number of hydrogen-bond donors (Lipinski definition) is 1. The van der Waals surface area contributed by atoms with Crippen LogP contribution in [-0.4, -0.2) is 26.7 Å². The van der Waals surface area contributed by atoms with Crippen molar-refractivity contribution in [1.82, 2.24) is 15.0 Å². The van der Waals surface area contributed by atoms with Gasteiger partial charge in [-0.15, -0.1) is 0 Å². The fraction of sp³-hybridized carbons (Fsp3) is 0.211. The van der Waals surface area contributed by atoms with E-state index >= 15 is 0 Å². The van der Waals surface area contributed by atoms with Crippen molar-refractivity contribution in [1.29, 1.82) is 0 Å². The third-order valence-electron chi connectivity index (χ3n) is 3.56. The number of nitrogens with zero attached hydrogens (tertiary/aromatic N) is 3. The second kappa shape index (κ2) is 7.08. The first kappa shape index (κ1) is 15.9. The fourth-order valence-corrected chi connectivity index (χ4v) is 2.28. The lowest BCUT2D eigenvalue weighted by Crippen LogP contribution is -1.97. The van der Waals surface area contributed by atoms with Crippen molar-refractivity contribution in [3.8, 4) is 34.3 Å². The summed E-state index contributed by atoms with van der Waals surface area (Å²) in [6.45, 7) is 4.68.